The molecule has 0 aromatic carbocycles. The van der Waals surface area contributed by atoms with E-state index in [2.05, 4.69) is 15.9 Å². The lowest BCUT2D eigenvalue weighted by Gasteiger charge is -2.45. The predicted octanol–water partition coefficient (Wildman–Crippen LogP) is 2.62. The van der Waals surface area contributed by atoms with E-state index < -0.39 is 0 Å². The van der Waals surface area contributed by atoms with Crippen LogP contribution in [0.3, 0.4) is 0 Å². The minimum atomic E-state index is -0.349. The third kappa shape index (κ3) is 2.39. The average molecular weight is 357 g/mol. The quantitative estimate of drug-likeness (QED) is 0.817. The zero-order chi connectivity index (χ0) is 14.3. The van der Waals surface area contributed by atoms with E-state index in [-0.39, 0.29) is 23.9 Å². The van der Waals surface area contributed by atoms with Gasteiger partial charge in [-0.1, -0.05) is 0 Å². The van der Waals surface area contributed by atoms with Gasteiger partial charge in [0.1, 0.15) is 12.1 Å². The molecule has 3 heterocycles. The van der Waals surface area contributed by atoms with Gasteiger partial charge in [0.15, 0.2) is 0 Å². The number of thiophene rings is 1. The Bertz CT molecular complexity index is 545. The monoisotopic (exact) mass is 356 g/mol. The maximum Gasteiger partial charge on any atom is 0.246 e. The highest BCUT2D eigenvalue weighted by atomic mass is 79.9. The summed E-state index contributed by atoms with van der Waals surface area (Å²) in [7, 11) is 0. The molecule has 2 saturated heterocycles. The number of halogens is 1. The summed E-state index contributed by atoms with van der Waals surface area (Å²) in [5, 5.41) is 2.00. The fraction of sp³-hybridized carbons (Fsp3) is 0.571. The van der Waals surface area contributed by atoms with Crippen LogP contribution in [-0.2, 0) is 16.1 Å². The van der Waals surface area contributed by atoms with Crippen LogP contribution < -0.4 is 0 Å². The van der Waals surface area contributed by atoms with Crippen LogP contribution in [0.1, 0.15) is 31.1 Å². The third-order valence-corrected chi connectivity index (χ3v) is 5.81. The summed E-state index contributed by atoms with van der Waals surface area (Å²) >= 11 is 5.04. The minimum Gasteiger partial charge on any atom is -0.329 e. The van der Waals surface area contributed by atoms with E-state index in [1.54, 1.807) is 21.1 Å². The number of carbonyl (C=O) groups excluding carboxylic acids is 2. The van der Waals surface area contributed by atoms with E-state index in [0.717, 1.165) is 35.2 Å². The number of nitrogens with zero attached hydrogens (tertiary/aromatic N) is 2. The summed E-state index contributed by atoms with van der Waals surface area (Å²) in [5.74, 6) is 0.214. The third-order valence-electron chi connectivity index (χ3n) is 4.13. The van der Waals surface area contributed by atoms with Gasteiger partial charge in [-0.05, 0) is 48.2 Å². The molecule has 0 spiro atoms. The first-order valence-electron chi connectivity index (χ1n) is 6.92. The molecule has 1 aromatic heterocycles. The van der Waals surface area contributed by atoms with Crippen LogP contribution in [0.5, 0.6) is 0 Å². The van der Waals surface area contributed by atoms with Gasteiger partial charge in [-0.25, -0.2) is 0 Å². The molecular formula is C14H17BrN2O2S. The molecule has 4 nitrogen and oxygen atoms in total. The topological polar surface area (TPSA) is 40.6 Å². The fourth-order valence-corrected chi connectivity index (χ4v) is 4.48. The molecule has 0 aliphatic carbocycles. The van der Waals surface area contributed by atoms with Crippen molar-refractivity contribution in [3.05, 3.63) is 20.8 Å². The smallest absolute Gasteiger partial charge is 0.246 e. The number of carbonyl (C=O) groups is 2. The highest BCUT2D eigenvalue weighted by Gasteiger charge is 2.44. The van der Waals surface area contributed by atoms with E-state index in [0.29, 0.717) is 6.54 Å². The van der Waals surface area contributed by atoms with Crippen LogP contribution in [0.2, 0.25) is 0 Å². The molecule has 3 rings (SSSR count). The molecule has 2 aliphatic rings. The molecule has 0 bridgehead atoms. The molecule has 2 fully saturated rings. The number of fused-ring (bicyclic) bond motifs is 1. The van der Waals surface area contributed by atoms with Crippen molar-refractivity contribution < 1.29 is 9.59 Å². The maximum atomic E-state index is 12.7. The zero-order valence-corrected chi connectivity index (χ0v) is 13.7. The summed E-state index contributed by atoms with van der Waals surface area (Å²) in [6, 6.07) is 1.44. The van der Waals surface area contributed by atoms with Gasteiger partial charge in [0.05, 0.1) is 6.54 Å². The molecular weight excluding hydrogens is 340 g/mol. The van der Waals surface area contributed by atoms with Gasteiger partial charge in [0.2, 0.25) is 11.8 Å². The van der Waals surface area contributed by atoms with Gasteiger partial charge in [-0.2, -0.15) is 0 Å². The van der Waals surface area contributed by atoms with Crippen LogP contribution in [-0.4, -0.2) is 40.2 Å². The number of amides is 2. The van der Waals surface area contributed by atoms with E-state index >= 15 is 0 Å². The van der Waals surface area contributed by atoms with Crippen LogP contribution in [0.15, 0.2) is 15.9 Å². The van der Waals surface area contributed by atoms with Crippen molar-refractivity contribution in [3.8, 4) is 0 Å². The molecule has 108 valence electrons. The molecule has 2 unspecified atom stereocenters. The standard InChI is InChI=1S/C14H17BrN2O2S/c1-9-13(18)16-5-3-2-4-12(16)14(19)17(9)7-11-6-10(15)8-20-11/h6,8-9,12H,2-5,7H2,1H3. The Kier molecular flexibility index (Phi) is 3.86. The van der Waals surface area contributed by atoms with Crippen molar-refractivity contribution in [2.75, 3.05) is 6.54 Å². The predicted molar refractivity (Wildman–Crippen MR) is 81.4 cm³/mol. The molecule has 20 heavy (non-hydrogen) atoms. The van der Waals surface area contributed by atoms with Crippen LogP contribution in [0.4, 0.5) is 0 Å². The summed E-state index contributed by atoms with van der Waals surface area (Å²) < 4.78 is 1.03. The van der Waals surface area contributed by atoms with Crippen LogP contribution >= 0.6 is 27.3 Å². The van der Waals surface area contributed by atoms with E-state index in [9.17, 15) is 9.59 Å². The number of rotatable bonds is 2. The lowest BCUT2D eigenvalue weighted by Crippen LogP contribution is -2.64. The number of piperidine rings is 1. The Morgan fingerprint density at radius 2 is 2.15 bits per heavy atom. The van der Waals surface area contributed by atoms with E-state index in [1.165, 1.54) is 0 Å². The lowest BCUT2D eigenvalue weighted by molar-refractivity contribution is -0.163. The van der Waals surface area contributed by atoms with Crippen molar-refractivity contribution in [2.45, 2.75) is 44.8 Å². The first-order valence-corrected chi connectivity index (χ1v) is 8.59. The number of hydrogen-bond donors (Lipinski definition) is 0. The molecule has 0 radical (unpaired) electrons. The van der Waals surface area contributed by atoms with Crippen molar-refractivity contribution in [2.24, 2.45) is 0 Å². The van der Waals surface area contributed by atoms with Crippen molar-refractivity contribution in [3.63, 3.8) is 0 Å². The fourth-order valence-electron chi connectivity index (χ4n) is 3.03. The Balaban J connectivity index is 1.83. The van der Waals surface area contributed by atoms with Crippen LogP contribution in [0, 0.1) is 0 Å². The molecule has 1 aromatic rings. The summed E-state index contributed by atoms with van der Waals surface area (Å²) in [4.78, 5) is 29.7. The Labute approximate surface area is 130 Å². The van der Waals surface area contributed by atoms with Gasteiger partial charge in [-0.15, -0.1) is 11.3 Å². The summed E-state index contributed by atoms with van der Waals surface area (Å²) in [5.41, 5.74) is 0. The van der Waals surface area contributed by atoms with E-state index in [4.69, 9.17) is 0 Å². The highest BCUT2D eigenvalue weighted by molar-refractivity contribution is 9.10. The second-order valence-electron chi connectivity index (χ2n) is 5.42. The molecule has 2 amide bonds. The second-order valence-corrected chi connectivity index (χ2v) is 7.33. The maximum absolute atomic E-state index is 12.7. The minimum absolute atomic E-state index is 0.102. The Morgan fingerprint density at radius 1 is 1.35 bits per heavy atom. The van der Waals surface area contributed by atoms with Gasteiger partial charge in [-0.3, -0.25) is 9.59 Å². The molecule has 2 atom stereocenters. The molecule has 0 N–H and O–H groups in total. The van der Waals surface area contributed by atoms with Gasteiger partial charge < -0.3 is 9.80 Å². The Hall–Kier alpha value is -0.880. The number of piperazine rings is 1. The van der Waals surface area contributed by atoms with Gasteiger partial charge in [0, 0.05) is 21.3 Å². The van der Waals surface area contributed by atoms with Crippen LogP contribution in [0.25, 0.3) is 0 Å². The Morgan fingerprint density at radius 3 is 2.85 bits per heavy atom. The van der Waals surface area contributed by atoms with Crippen molar-refractivity contribution in [1.82, 2.24) is 9.80 Å². The van der Waals surface area contributed by atoms with Crippen molar-refractivity contribution >= 4 is 39.1 Å². The number of hydrogen-bond acceptors (Lipinski definition) is 3. The largest absolute Gasteiger partial charge is 0.329 e. The lowest BCUT2D eigenvalue weighted by atomic mass is 9.96. The summed E-state index contributed by atoms with van der Waals surface area (Å²) in [6.07, 6.45) is 2.86. The summed E-state index contributed by atoms with van der Waals surface area (Å²) in [6.45, 7) is 3.11. The van der Waals surface area contributed by atoms with E-state index in [1.807, 2.05) is 18.4 Å². The first-order chi connectivity index (χ1) is 9.58. The highest BCUT2D eigenvalue weighted by Crippen LogP contribution is 2.29. The normalized spacial score (nSPS) is 26.9. The zero-order valence-electron chi connectivity index (χ0n) is 11.3. The SMILES string of the molecule is CC1C(=O)N2CCCCC2C(=O)N1Cc1cc(Br)cs1. The average Bonchev–Trinajstić information content (AvgIpc) is 2.86. The molecule has 0 saturated carbocycles. The van der Waals surface area contributed by atoms with Gasteiger partial charge in [0.25, 0.3) is 0 Å². The first kappa shape index (κ1) is 14.1. The van der Waals surface area contributed by atoms with Gasteiger partial charge >= 0.3 is 0 Å². The molecule has 6 heteroatoms. The molecule has 2 aliphatic heterocycles. The second kappa shape index (κ2) is 5.48. The van der Waals surface area contributed by atoms with Crippen molar-refractivity contribution in [1.29, 1.82) is 0 Å².